The summed E-state index contributed by atoms with van der Waals surface area (Å²) < 4.78 is 73.3. The maximum absolute atomic E-state index is 14.9. The quantitative estimate of drug-likeness (QED) is 0.00889. The molecular formula is C90H165O25P. The van der Waals surface area contributed by atoms with Gasteiger partial charge in [-0.1, -0.05) is 315 Å². The van der Waals surface area contributed by atoms with Crippen molar-refractivity contribution in [1.82, 2.24) is 0 Å². The lowest BCUT2D eigenvalue weighted by molar-refractivity contribution is -0.360. The van der Waals surface area contributed by atoms with E-state index in [1.165, 1.54) is 180 Å². The van der Waals surface area contributed by atoms with E-state index in [0.29, 0.717) is 38.5 Å². The number of rotatable bonds is 75. The zero-order valence-corrected chi connectivity index (χ0v) is 73.2. The standard InChI is InChI=1S/C90H165O25P/c1-5-9-13-17-21-25-29-33-35-37-41-45-48-52-56-60-64-75(94)109-70(67-106-73(92)62-58-54-50-46-43-40-36-34-30-26-22-18-14-10-6-2)68-108-116(104,105)115-88-86(113-89-83(102)79(98)77(96)71(66-91)110-89)82(101)81(100)85(112-76(95)65-61-57-53-49-44-39-32-28-24-20-16-12-8-4)87(88)114-90-84(103)80(99)78(97)72(111-90)69-107-74(93)63-59-55-51-47-42-38-31-27-23-19-15-11-7-3/h38-39,42,44,70-72,77-91,96-103H,5-37,40-41,43,45-69H2,1-4H3,(H,104,105)/b42-38-,44-39-. The largest absolute Gasteiger partial charge is 0.472 e. The molecule has 10 N–H and O–H groups in total. The van der Waals surface area contributed by atoms with Crippen LogP contribution in [0.25, 0.3) is 0 Å². The van der Waals surface area contributed by atoms with Crippen LogP contribution in [0.4, 0.5) is 0 Å². The van der Waals surface area contributed by atoms with Crippen molar-refractivity contribution in [3.63, 3.8) is 0 Å². The highest BCUT2D eigenvalue weighted by atomic mass is 31.2. The number of aliphatic hydroxyl groups excluding tert-OH is 9. The molecule has 0 aromatic rings. The van der Waals surface area contributed by atoms with Gasteiger partial charge in [-0.2, -0.15) is 0 Å². The highest BCUT2D eigenvalue weighted by molar-refractivity contribution is 7.47. The number of phosphoric ester groups is 1. The van der Waals surface area contributed by atoms with E-state index >= 15 is 0 Å². The second kappa shape index (κ2) is 69.4. The third-order valence-corrected chi connectivity index (χ3v) is 23.7. The van der Waals surface area contributed by atoms with E-state index in [-0.39, 0.29) is 32.1 Å². The molecular weight excluding hydrogens is 1510 g/mol. The summed E-state index contributed by atoms with van der Waals surface area (Å²) in [5, 5.41) is 102. The van der Waals surface area contributed by atoms with Crippen LogP contribution >= 0.6 is 7.82 Å². The van der Waals surface area contributed by atoms with Crippen molar-refractivity contribution in [3.8, 4) is 0 Å². The number of unbranched alkanes of at least 4 members (excludes halogenated alkanes) is 47. The van der Waals surface area contributed by atoms with Crippen molar-refractivity contribution in [1.29, 1.82) is 0 Å². The van der Waals surface area contributed by atoms with Gasteiger partial charge in [-0.15, -0.1) is 0 Å². The Balaban J connectivity index is 1.92. The monoisotopic (exact) mass is 1680 g/mol. The molecule has 0 aromatic carbocycles. The van der Waals surface area contributed by atoms with Crippen LogP contribution in [0.15, 0.2) is 24.3 Å². The molecule has 0 spiro atoms. The highest BCUT2D eigenvalue weighted by Gasteiger charge is 2.60. The number of carbonyl (C=O) groups excluding carboxylic acids is 4. The van der Waals surface area contributed by atoms with Crippen LogP contribution in [0, 0.1) is 0 Å². The van der Waals surface area contributed by atoms with Gasteiger partial charge in [-0.25, -0.2) is 4.57 Å². The van der Waals surface area contributed by atoms with E-state index in [1.807, 2.05) is 0 Å². The van der Waals surface area contributed by atoms with E-state index in [2.05, 4.69) is 52.0 Å². The number of aliphatic hydroxyl groups is 9. The smallest absolute Gasteiger partial charge is 0.463 e. The van der Waals surface area contributed by atoms with Crippen LogP contribution in [0.1, 0.15) is 394 Å². The molecule has 18 unspecified atom stereocenters. The van der Waals surface area contributed by atoms with Crippen molar-refractivity contribution in [2.45, 2.75) is 498 Å². The molecule has 2 heterocycles. The zero-order chi connectivity index (χ0) is 84.7. The predicted octanol–water partition coefficient (Wildman–Crippen LogP) is 16.9. The SMILES string of the molecule is CCCCCCCC/C=C\CCCCCC(=O)OCC1OC(OC2C(OC(=O)CCCCC/C=C\CCCCCCCC)C(O)C(O)C(OC3OC(CO)C(O)C(O)C3O)C2OP(=O)(O)OCC(COC(=O)CCCCCCCCCCCCCCCCC)OC(=O)CCCCCCCCCCCCCCCCCC)C(O)C(O)C1O. The molecule has 3 aliphatic rings. The summed E-state index contributed by atoms with van der Waals surface area (Å²) >= 11 is 0. The number of hydrogen-bond acceptors (Lipinski definition) is 24. The topological polar surface area (TPSA) is 380 Å². The van der Waals surface area contributed by atoms with Gasteiger partial charge in [0.15, 0.2) is 24.8 Å². The minimum Gasteiger partial charge on any atom is -0.463 e. The molecule has 1 saturated carbocycles. The first-order chi connectivity index (χ1) is 56.2. The lowest BCUT2D eigenvalue weighted by atomic mass is 9.84. The van der Waals surface area contributed by atoms with Crippen LogP contribution in [0.5, 0.6) is 0 Å². The molecule has 2 aliphatic heterocycles. The van der Waals surface area contributed by atoms with E-state index in [0.717, 1.165) is 116 Å². The third kappa shape index (κ3) is 49.3. The highest BCUT2D eigenvalue weighted by Crippen LogP contribution is 2.49. The molecule has 116 heavy (non-hydrogen) atoms. The molecule has 26 heteroatoms. The Hall–Kier alpha value is -3.05. The number of esters is 4. The summed E-state index contributed by atoms with van der Waals surface area (Å²) in [5.74, 6) is -2.99. The molecule has 2 saturated heterocycles. The summed E-state index contributed by atoms with van der Waals surface area (Å²) in [6.07, 6.45) is 29.0. The second-order valence-electron chi connectivity index (χ2n) is 33.2. The number of carbonyl (C=O) groups is 4. The van der Waals surface area contributed by atoms with Crippen molar-refractivity contribution >= 4 is 31.7 Å². The lowest BCUT2D eigenvalue weighted by Gasteiger charge is -2.50. The Bertz CT molecular complexity index is 2510. The molecule has 0 bridgehead atoms. The van der Waals surface area contributed by atoms with Gasteiger partial charge in [0.05, 0.1) is 13.2 Å². The van der Waals surface area contributed by atoms with Crippen LogP contribution in [0.2, 0.25) is 0 Å². The first-order valence-corrected chi connectivity index (χ1v) is 48.1. The summed E-state index contributed by atoms with van der Waals surface area (Å²) in [6, 6.07) is 0. The average Bonchev–Trinajstić information content (AvgIpc) is 0.754. The molecule has 0 aromatic heterocycles. The van der Waals surface area contributed by atoms with Crippen LogP contribution in [0.3, 0.4) is 0 Å². The van der Waals surface area contributed by atoms with Gasteiger partial charge in [0.2, 0.25) is 0 Å². The van der Waals surface area contributed by atoms with E-state index in [1.54, 1.807) is 0 Å². The first-order valence-electron chi connectivity index (χ1n) is 46.6. The summed E-state index contributed by atoms with van der Waals surface area (Å²) in [6.45, 7) is 5.57. The van der Waals surface area contributed by atoms with Crippen LogP contribution < -0.4 is 0 Å². The average molecular weight is 1680 g/mol. The fraction of sp³-hybridized carbons (Fsp3) is 0.911. The van der Waals surface area contributed by atoms with Crippen molar-refractivity contribution in [2.75, 3.05) is 26.4 Å². The summed E-state index contributed by atoms with van der Waals surface area (Å²) in [5.41, 5.74) is 0. The molecule has 3 fully saturated rings. The number of phosphoric acid groups is 1. The van der Waals surface area contributed by atoms with Gasteiger partial charge in [0, 0.05) is 25.7 Å². The number of ether oxygens (including phenoxy) is 8. The van der Waals surface area contributed by atoms with E-state index < -0.39 is 162 Å². The summed E-state index contributed by atoms with van der Waals surface area (Å²) in [7, 11) is -5.81. The normalized spacial score (nSPS) is 25.2. The van der Waals surface area contributed by atoms with Crippen LogP contribution in [-0.4, -0.2) is 205 Å². The molecule has 3 rings (SSSR count). The molecule has 1 aliphatic carbocycles. The Morgan fingerprint density at radius 2 is 0.647 bits per heavy atom. The van der Waals surface area contributed by atoms with Gasteiger partial charge < -0.3 is 88.7 Å². The predicted molar refractivity (Wildman–Crippen MR) is 449 cm³/mol. The van der Waals surface area contributed by atoms with Gasteiger partial charge in [0.25, 0.3) is 0 Å². The Morgan fingerprint density at radius 1 is 0.336 bits per heavy atom. The molecule has 18 atom stereocenters. The van der Waals surface area contributed by atoms with Crippen molar-refractivity contribution < 1.29 is 122 Å². The Labute approximate surface area is 698 Å². The van der Waals surface area contributed by atoms with Gasteiger partial charge >= 0.3 is 31.7 Å². The zero-order valence-electron chi connectivity index (χ0n) is 72.3. The molecule has 25 nitrogen and oxygen atoms in total. The van der Waals surface area contributed by atoms with Crippen molar-refractivity contribution in [3.05, 3.63) is 24.3 Å². The second-order valence-corrected chi connectivity index (χ2v) is 34.6. The van der Waals surface area contributed by atoms with Gasteiger partial charge in [-0.3, -0.25) is 28.2 Å². The Morgan fingerprint density at radius 3 is 1.03 bits per heavy atom. The summed E-state index contributed by atoms with van der Waals surface area (Å²) in [4.78, 5) is 66.4. The minimum atomic E-state index is -5.81. The molecule has 680 valence electrons. The maximum atomic E-state index is 14.9. The molecule has 0 radical (unpaired) electrons. The number of allylic oxidation sites excluding steroid dienone is 4. The van der Waals surface area contributed by atoms with Crippen molar-refractivity contribution in [2.24, 2.45) is 0 Å². The van der Waals surface area contributed by atoms with Crippen LogP contribution in [-0.2, 0) is 70.7 Å². The Kier molecular flexibility index (Phi) is 64.1. The lowest BCUT2D eigenvalue weighted by Crippen LogP contribution is -2.70. The van der Waals surface area contributed by atoms with Gasteiger partial charge in [-0.05, 0) is 77.0 Å². The minimum absolute atomic E-state index is 0.00721. The van der Waals surface area contributed by atoms with E-state index in [4.69, 9.17) is 46.9 Å². The van der Waals surface area contributed by atoms with E-state index in [9.17, 15) is 74.6 Å². The number of hydrogen-bond donors (Lipinski definition) is 10. The first kappa shape index (κ1) is 107. The van der Waals surface area contributed by atoms with Gasteiger partial charge in [0.1, 0.15) is 92.6 Å². The third-order valence-electron chi connectivity index (χ3n) is 22.7. The molecule has 0 amide bonds. The fourth-order valence-corrected chi connectivity index (χ4v) is 16.2. The fourth-order valence-electron chi connectivity index (χ4n) is 15.2. The maximum Gasteiger partial charge on any atom is 0.472 e.